The van der Waals surface area contributed by atoms with Crippen molar-refractivity contribution < 1.29 is 0 Å². The van der Waals surface area contributed by atoms with E-state index in [0.717, 1.165) is 6.42 Å². The van der Waals surface area contributed by atoms with Crippen molar-refractivity contribution in [2.75, 3.05) is 5.32 Å². The summed E-state index contributed by atoms with van der Waals surface area (Å²) in [5, 5.41) is 6.10. The van der Waals surface area contributed by atoms with E-state index in [1.807, 2.05) is 12.4 Å². The molecule has 1 aliphatic rings. The summed E-state index contributed by atoms with van der Waals surface area (Å²) in [7, 11) is 0. The molecule has 1 aromatic heterocycles. The lowest BCUT2D eigenvalue weighted by atomic mass is 9.99. The summed E-state index contributed by atoms with van der Waals surface area (Å²) in [6.07, 6.45) is 4.96. The topological polar surface area (TPSA) is 24.9 Å². The number of hydrogen-bond acceptors (Lipinski definition) is 2. The van der Waals surface area contributed by atoms with Crippen molar-refractivity contribution in [2.45, 2.75) is 12.5 Å². The monoisotopic (exact) mass is 246 g/mol. The molecular formula is C17H14N2. The molecule has 19 heavy (non-hydrogen) atoms. The molecule has 0 bridgehead atoms. The van der Waals surface area contributed by atoms with Crippen LogP contribution in [0, 0.1) is 0 Å². The number of aromatic nitrogens is 1. The molecule has 0 aliphatic carbocycles. The molecule has 2 aromatic carbocycles. The number of nitrogens with zero attached hydrogens (tertiary/aromatic N) is 1. The van der Waals surface area contributed by atoms with Crippen molar-refractivity contribution in [1.29, 1.82) is 0 Å². The molecule has 0 radical (unpaired) electrons. The maximum absolute atomic E-state index is 4.38. The summed E-state index contributed by atoms with van der Waals surface area (Å²) in [5.41, 5.74) is 3.93. The highest BCUT2D eigenvalue weighted by Crippen LogP contribution is 2.36. The van der Waals surface area contributed by atoms with E-state index >= 15 is 0 Å². The summed E-state index contributed by atoms with van der Waals surface area (Å²) >= 11 is 0. The van der Waals surface area contributed by atoms with Gasteiger partial charge in [-0.1, -0.05) is 42.5 Å². The zero-order valence-electron chi connectivity index (χ0n) is 10.5. The van der Waals surface area contributed by atoms with Crippen LogP contribution in [-0.2, 0) is 6.42 Å². The fourth-order valence-corrected chi connectivity index (χ4v) is 2.90. The minimum atomic E-state index is 0.330. The summed E-state index contributed by atoms with van der Waals surface area (Å²) in [5.74, 6) is 0. The Balaban J connectivity index is 1.81. The van der Waals surface area contributed by atoms with Crippen LogP contribution in [-0.4, -0.2) is 4.98 Å². The third kappa shape index (κ3) is 1.68. The van der Waals surface area contributed by atoms with E-state index in [2.05, 4.69) is 58.8 Å². The van der Waals surface area contributed by atoms with Gasteiger partial charge in [0.1, 0.15) is 0 Å². The van der Waals surface area contributed by atoms with Gasteiger partial charge < -0.3 is 5.32 Å². The highest BCUT2D eigenvalue weighted by Gasteiger charge is 2.22. The van der Waals surface area contributed by atoms with Gasteiger partial charge in [0.25, 0.3) is 0 Å². The molecule has 0 saturated carbocycles. The second-order valence-electron chi connectivity index (χ2n) is 5.01. The Morgan fingerprint density at radius 3 is 2.74 bits per heavy atom. The third-order valence-corrected chi connectivity index (χ3v) is 3.85. The van der Waals surface area contributed by atoms with Crippen molar-refractivity contribution in [1.82, 2.24) is 4.98 Å². The predicted molar refractivity (Wildman–Crippen MR) is 78.3 cm³/mol. The molecular weight excluding hydrogens is 232 g/mol. The van der Waals surface area contributed by atoms with Crippen LogP contribution >= 0.6 is 0 Å². The number of nitrogens with one attached hydrogen (secondary N) is 1. The Labute approximate surface area is 112 Å². The van der Waals surface area contributed by atoms with Crippen LogP contribution < -0.4 is 5.32 Å². The molecule has 3 aromatic rings. The average molecular weight is 246 g/mol. The van der Waals surface area contributed by atoms with Crippen molar-refractivity contribution in [3.8, 4) is 0 Å². The molecule has 1 unspecified atom stereocenters. The van der Waals surface area contributed by atoms with Crippen LogP contribution in [0.4, 0.5) is 5.69 Å². The number of fused-ring (bicyclic) bond motifs is 2. The number of anilines is 1. The molecule has 1 N–H and O–H groups in total. The van der Waals surface area contributed by atoms with Crippen LogP contribution in [0.2, 0.25) is 0 Å². The van der Waals surface area contributed by atoms with Gasteiger partial charge in [0, 0.05) is 29.0 Å². The third-order valence-electron chi connectivity index (χ3n) is 3.85. The first-order chi connectivity index (χ1) is 9.42. The standard InChI is InChI=1S/C17H14N2/c1-3-7-14-13(6-1)10-18-11-15(14)17-9-12-5-2-4-8-16(12)19-17/h1-8,10-11,17,19H,9H2. The molecule has 4 rings (SSSR count). The second-order valence-corrected chi connectivity index (χ2v) is 5.01. The highest BCUT2D eigenvalue weighted by molar-refractivity contribution is 5.85. The summed E-state index contributed by atoms with van der Waals surface area (Å²) in [6, 6.07) is 17.3. The van der Waals surface area contributed by atoms with Gasteiger partial charge in [0.05, 0.1) is 6.04 Å². The highest BCUT2D eigenvalue weighted by atomic mass is 15.0. The molecule has 0 saturated heterocycles. The Morgan fingerprint density at radius 1 is 0.947 bits per heavy atom. The lowest BCUT2D eigenvalue weighted by molar-refractivity contribution is 0.827. The molecule has 0 spiro atoms. The number of benzene rings is 2. The van der Waals surface area contributed by atoms with Gasteiger partial charge >= 0.3 is 0 Å². The summed E-state index contributed by atoms with van der Waals surface area (Å²) < 4.78 is 0. The molecule has 1 atom stereocenters. The Morgan fingerprint density at radius 2 is 1.79 bits per heavy atom. The average Bonchev–Trinajstić information content (AvgIpc) is 2.90. The lowest BCUT2D eigenvalue weighted by Gasteiger charge is -2.14. The van der Waals surface area contributed by atoms with E-state index < -0.39 is 0 Å². The zero-order chi connectivity index (χ0) is 12.7. The van der Waals surface area contributed by atoms with Gasteiger partial charge in [-0.2, -0.15) is 0 Å². The van der Waals surface area contributed by atoms with Crippen LogP contribution in [0.3, 0.4) is 0 Å². The molecule has 2 nitrogen and oxygen atoms in total. The minimum absolute atomic E-state index is 0.330. The van der Waals surface area contributed by atoms with Gasteiger partial charge in [-0.05, 0) is 23.4 Å². The first kappa shape index (κ1) is 10.6. The smallest absolute Gasteiger partial charge is 0.0576 e. The maximum Gasteiger partial charge on any atom is 0.0576 e. The Kier molecular flexibility index (Phi) is 2.27. The van der Waals surface area contributed by atoms with Crippen LogP contribution in [0.1, 0.15) is 17.2 Å². The largest absolute Gasteiger partial charge is 0.378 e. The fourth-order valence-electron chi connectivity index (χ4n) is 2.90. The number of hydrogen-bond donors (Lipinski definition) is 1. The number of pyridine rings is 1. The Hall–Kier alpha value is -2.35. The summed E-state index contributed by atoms with van der Waals surface area (Å²) in [6.45, 7) is 0. The van der Waals surface area contributed by atoms with Crippen molar-refractivity contribution >= 4 is 16.5 Å². The maximum atomic E-state index is 4.38. The lowest BCUT2D eigenvalue weighted by Crippen LogP contribution is -2.06. The molecule has 2 heteroatoms. The van der Waals surface area contributed by atoms with Crippen molar-refractivity contribution in [2.24, 2.45) is 0 Å². The van der Waals surface area contributed by atoms with E-state index in [-0.39, 0.29) is 0 Å². The first-order valence-electron chi connectivity index (χ1n) is 6.59. The van der Waals surface area contributed by atoms with Gasteiger partial charge in [-0.15, -0.1) is 0 Å². The normalized spacial score (nSPS) is 17.2. The molecule has 0 fully saturated rings. The molecule has 92 valence electrons. The fraction of sp³-hybridized carbons (Fsp3) is 0.118. The predicted octanol–water partition coefficient (Wildman–Crippen LogP) is 3.94. The van der Waals surface area contributed by atoms with Gasteiger partial charge in [0.15, 0.2) is 0 Å². The second kappa shape index (κ2) is 4.09. The van der Waals surface area contributed by atoms with E-state index in [1.54, 1.807) is 0 Å². The summed E-state index contributed by atoms with van der Waals surface area (Å²) in [4.78, 5) is 4.38. The van der Waals surface area contributed by atoms with Crippen molar-refractivity contribution in [3.05, 3.63) is 72.1 Å². The number of rotatable bonds is 1. The quantitative estimate of drug-likeness (QED) is 0.703. The van der Waals surface area contributed by atoms with Gasteiger partial charge in [-0.25, -0.2) is 0 Å². The minimum Gasteiger partial charge on any atom is -0.378 e. The van der Waals surface area contributed by atoms with E-state index in [4.69, 9.17) is 0 Å². The van der Waals surface area contributed by atoms with E-state index in [1.165, 1.54) is 27.6 Å². The Bertz CT molecular complexity index is 719. The molecule has 0 amide bonds. The van der Waals surface area contributed by atoms with Crippen LogP contribution in [0.5, 0.6) is 0 Å². The zero-order valence-corrected chi connectivity index (χ0v) is 10.5. The molecule has 2 heterocycles. The van der Waals surface area contributed by atoms with E-state index in [9.17, 15) is 0 Å². The van der Waals surface area contributed by atoms with Gasteiger partial charge in [0.2, 0.25) is 0 Å². The van der Waals surface area contributed by atoms with Crippen LogP contribution in [0.15, 0.2) is 60.9 Å². The van der Waals surface area contributed by atoms with Crippen molar-refractivity contribution in [3.63, 3.8) is 0 Å². The first-order valence-corrected chi connectivity index (χ1v) is 6.59. The van der Waals surface area contributed by atoms with E-state index in [0.29, 0.717) is 6.04 Å². The SMILES string of the molecule is c1ccc2c(c1)CC(c1cncc3ccccc13)N2. The number of para-hydroxylation sites is 1. The molecule has 1 aliphatic heterocycles. The van der Waals surface area contributed by atoms with Crippen LogP contribution in [0.25, 0.3) is 10.8 Å². The van der Waals surface area contributed by atoms with Gasteiger partial charge in [-0.3, -0.25) is 4.98 Å².